The van der Waals surface area contributed by atoms with E-state index in [9.17, 15) is 9.18 Å². The Morgan fingerprint density at radius 3 is 2.85 bits per heavy atom. The monoisotopic (exact) mass is 367 g/mol. The summed E-state index contributed by atoms with van der Waals surface area (Å²) in [6, 6.07) is 10.2. The van der Waals surface area contributed by atoms with Crippen molar-refractivity contribution in [2.24, 2.45) is 11.7 Å². The quantitative estimate of drug-likeness (QED) is 0.752. The number of aromatic nitrogens is 3. The molecule has 1 aromatic carbocycles. The molecule has 1 unspecified atom stereocenters. The third-order valence-corrected chi connectivity index (χ3v) is 5.12. The van der Waals surface area contributed by atoms with Gasteiger partial charge in [-0.25, -0.2) is 9.37 Å². The van der Waals surface area contributed by atoms with Crippen molar-refractivity contribution in [2.45, 2.75) is 25.7 Å². The van der Waals surface area contributed by atoms with E-state index in [1.165, 1.54) is 12.1 Å². The van der Waals surface area contributed by atoms with Crippen molar-refractivity contribution in [1.82, 2.24) is 14.6 Å². The molecule has 1 atom stereocenters. The van der Waals surface area contributed by atoms with Crippen molar-refractivity contribution in [3.05, 3.63) is 48.4 Å². The summed E-state index contributed by atoms with van der Waals surface area (Å²) in [6.45, 7) is 1.78. The summed E-state index contributed by atoms with van der Waals surface area (Å²) in [5.41, 5.74) is 7.72. The Bertz CT molecular complexity index is 953. The maximum Gasteiger partial charge on any atom is 0.217 e. The molecule has 2 aromatic heterocycles. The number of rotatable bonds is 5. The second kappa shape index (κ2) is 7.34. The molecule has 0 spiro atoms. The number of hydrogen-bond donors (Lipinski definition) is 1. The van der Waals surface area contributed by atoms with Gasteiger partial charge in [-0.05, 0) is 49.4 Å². The lowest BCUT2D eigenvalue weighted by atomic mass is 9.93. The van der Waals surface area contributed by atoms with Crippen molar-refractivity contribution >= 4 is 17.4 Å². The second-order valence-corrected chi connectivity index (χ2v) is 7.07. The molecule has 0 saturated carbocycles. The maximum atomic E-state index is 13.3. The van der Waals surface area contributed by atoms with Gasteiger partial charge in [0.15, 0.2) is 5.65 Å². The number of piperidine rings is 1. The number of nitrogens with two attached hydrogens (primary N) is 1. The van der Waals surface area contributed by atoms with Crippen molar-refractivity contribution in [3.8, 4) is 11.3 Å². The lowest BCUT2D eigenvalue weighted by Gasteiger charge is -2.34. The third-order valence-electron chi connectivity index (χ3n) is 5.12. The first-order valence-electron chi connectivity index (χ1n) is 9.24. The van der Waals surface area contributed by atoms with Gasteiger partial charge in [0.1, 0.15) is 11.6 Å². The average molecular weight is 367 g/mol. The van der Waals surface area contributed by atoms with E-state index >= 15 is 0 Å². The highest BCUT2D eigenvalue weighted by Gasteiger charge is 2.23. The topological polar surface area (TPSA) is 76.5 Å². The Kier molecular flexibility index (Phi) is 4.75. The zero-order valence-corrected chi connectivity index (χ0v) is 15.0. The Labute approximate surface area is 156 Å². The number of halogens is 1. The largest absolute Gasteiger partial charge is 0.370 e. The highest BCUT2D eigenvalue weighted by atomic mass is 19.1. The van der Waals surface area contributed by atoms with Crippen LogP contribution in [-0.4, -0.2) is 33.6 Å². The predicted octanol–water partition coefficient (Wildman–Crippen LogP) is 3.02. The fourth-order valence-corrected chi connectivity index (χ4v) is 3.75. The molecule has 3 heterocycles. The summed E-state index contributed by atoms with van der Waals surface area (Å²) in [4.78, 5) is 18.1. The van der Waals surface area contributed by atoms with Gasteiger partial charge < -0.3 is 10.6 Å². The van der Waals surface area contributed by atoms with Crippen molar-refractivity contribution in [2.75, 3.05) is 18.0 Å². The molecule has 6 nitrogen and oxygen atoms in total. The molecule has 3 aromatic rings. The first-order chi connectivity index (χ1) is 13.1. The minimum atomic E-state index is -0.266. The number of carbonyl (C=O) groups is 1. The molecule has 1 aliphatic rings. The molecular formula is C20H22FN5O. The van der Waals surface area contributed by atoms with Gasteiger partial charge in [0.05, 0.1) is 11.9 Å². The molecule has 7 heteroatoms. The van der Waals surface area contributed by atoms with Gasteiger partial charge in [0.25, 0.3) is 0 Å². The first kappa shape index (κ1) is 17.5. The first-order valence-corrected chi connectivity index (χ1v) is 9.24. The predicted molar refractivity (Wildman–Crippen MR) is 102 cm³/mol. The number of amides is 1. The number of fused-ring (bicyclic) bond motifs is 1. The molecule has 4 rings (SSSR count). The van der Waals surface area contributed by atoms with E-state index in [4.69, 9.17) is 5.73 Å². The third kappa shape index (κ3) is 3.77. The van der Waals surface area contributed by atoms with Gasteiger partial charge in [-0.1, -0.05) is 0 Å². The van der Waals surface area contributed by atoms with Crippen LogP contribution in [0.2, 0.25) is 0 Å². The minimum absolute atomic E-state index is 0.246. The molecule has 2 N–H and O–H groups in total. The zero-order valence-electron chi connectivity index (χ0n) is 15.0. The summed E-state index contributed by atoms with van der Waals surface area (Å²) in [6.07, 6.45) is 5.12. The minimum Gasteiger partial charge on any atom is -0.370 e. The molecule has 27 heavy (non-hydrogen) atoms. The van der Waals surface area contributed by atoms with Crippen LogP contribution in [0.3, 0.4) is 0 Å². The number of anilines is 1. The highest BCUT2D eigenvalue weighted by Crippen LogP contribution is 2.29. The van der Waals surface area contributed by atoms with Crippen LogP contribution in [0.25, 0.3) is 16.9 Å². The fraction of sp³-hybridized carbons (Fsp3) is 0.350. The molecule has 1 saturated heterocycles. The van der Waals surface area contributed by atoms with Gasteiger partial charge in [0, 0.05) is 37.2 Å². The van der Waals surface area contributed by atoms with Crippen LogP contribution in [0.15, 0.2) is 42.6 Å². The van der Waals surface area contributed by atoms with Crippen molar-refractivity contribution in [1.29, 1.82) is 0 Å². The molecule has 0 bridgehead atoms. The van der Waals surface area contributed by atoms with Gasteiger partial charge in [-0.3, -0.25) is 4.79 Å². The normalized spacial score (nSPS) is 17.4. The van der Waals surface area contributed by atoms with Crippen LogP contribution in [0.4, 0.5) is 10.2 Å². The lowest BCUT2D eigenvalue weighted by Crippen LogP contribution is -2.37. The van der Waals surface area contributed by atoms with E-state index in [2.05, 4.69) is 15.0 Å². The van der Waals surface area contributed by atoms with Gasteiger partial charge in [-0.15, -0.1) is 0 Å². The smallest absolute Gasteiger partial charge is 0.217 e. The molecule has 0 radical (unpaired) electrons. The molecule has 1 amide bonds. The van der Waals surface area contributed by atoms with Crippen LogP contribution in [-0.2, 0) is 4.79 Å². The van der Waals surface area contributed by atoms with E-state index in [1.54, 1.807) is 18.3 Å². The van der Waals surface area contributed by atoms with E-state index in [1.807, 2.05) is 16.6 Å². The van der Waals surface area contributed by atoms with Crippen molar-refractivity contribution < 1.29 is 9.18 Å². The summed E-state index contributed by atoms with van der Waals surface area (Å²) in [5, 5.41) is 4.42. The van der Waals surface area contributed by atoms with E-state index in [0.29, 0.717) is 12.3 Å². The van der Waals surface area contributed by atoms with Gasteiger partial charge in [-0.2, -0.15) is 9.61 Å². The summed E-state index contributed by atoms with van der Waals surface area (Å²) in [5.74, 6) is 0.884. The van der Waals surface area contributed by atoms with Crippen LogP contribution in [0.5, 0.6) is 0 Å². The Morgan fingerprint density at radius 2 is 2.07 bits per heavy atom. The van der Waals surface area contributed by atoms with Gasteiger partial charge in [0.2, 0.25) is 5.91 Å². The van der Waals surface area contributed by atoms with Crippen LogP contribution < -0.4 is 10.6 Å². The molecule has 1 fully saturated rings. The number of carbonyl (C=O) groups excluding carboxylic acids is 1. The Balaban J connectivity index is 1.67. The molecule has 0 aliphatic carbocycles. The molecule has 140 valence electrons. The van der Waals surface area contributed by atoms with E-state index in [-0.39, 0.29) is 11.7 Å². The molecule has 1 aliphatic heterocycles. The van der Waals surface area contributed by atoms with Crippen LogP contribution in [0.1, 0.15) is 25.7 Å². The number of benzene rings is 1. The van der Waals surface area contributed by atoms with Gasteiger partial charge >= 0.3 is 0 Å². The highest BCUT2D eigenvalue weighted by molar-refractivity contribution is 5.73. The summed E-state index contributed by atoms with van der Waals surface area (Å²) >= 11 is 0. The van der Waals surface area contributed by atoms with E-state index < -0.39 is 0 Å². The Hall–Kier alpha value is -2.96. The Morgan fingerprint density at radius 1 is 1.26 bits per heavy atom. The van der Waals surface area contributed by atoms with Crippen LogP contribution in [0, 0.1) is 11.7 Å². The van der Waals surface area contributed by atoms with E-state index in [0.717, 1.165) is 55.1 Å². The average Bonchev–Trinajstić information content (AvgIpc) is 3.15. The standard InChI is InChI=1S/C20H22FN5O/c21-16-6-4-15(5-7-16)17-12-20(26-19(24-17)9-10-23-26)25-11-1-2-14(13-25)3-8-18(22)27/h4-7,9-10,12,14H,1-3,8,11,13H2,(H2,22,27). The summed E-state index contributed by atoms with van der Waals surface area (Å²) < 4.78 is 15.1. The number of nitrogens with zero attached hydrogens (tertiary/aromatic N) is 4. The number of primary amides is 1. The van der Waals surface area contributed by atoms with Crippen molar-refractivity contribution in [3.63, 3.8) is 0 Å². The lowest BCUT2D eigenvalue weighted by molar-refractivity contribution is -0.118. The fourth-order valence-electron chi connectivity index (χ4n) is 3.75. The SMILES string of the molecule is NC(=O)CCC1CCCN(c2cc(-c3ccc(F)cc3)nc3ccnn23)C1. The number of hydrogen-bond acceptors (Lipinski definition) is 4. The second-order valence-electron chi connectivity index (χ2n) is 7.07. The maximum absolute atomic E-state index is 13.3. The summed E-state index contributed by atoms with van der Waals surface area (Å²) in [7, 11) is 0. The van der Waals surface area contributed by atoms with Crippen LogP contribution >= 0.6 is 0 Å². The zero-order chi connectivity index (χ0) is 18.8. The molecular weight excluding hydrogens is 345 g/mol.